The molecule has 0 aliphatic carbocycles. The van der Waals surface area contributed by atoms with Gasteiger partial charge < -0.3 is 0 Å². The molecule has 4 heteroatoms. The van der Waals surface area contributed by atoms with Crippen LogP contribution < -0.4 is 9.25 Å². The zero-order valence-corrected chi connectivity index (χ0v) is 8.68. The maximum absolute atomic E-state index is 4.25. The lowest BCUT2D eigenvalue weighted by molar-refractivity contribution is -0.732. The molecule has 0 amide bonds. The average Bonchev–Trinajstić information content (AvgIpc) is 2.46. The van der Waals surface area contributed by atoms with Crippen LogP contribution in [-0.2, 0) is 21.1 Å². The van der Waals surface area contributed by atoms with Crippen LogP contribution in [0.3, 0.4) is 0 Å². The zero-order valence-electron chi connectivity index (χ0n) is 8.68. The van der Waals surface area contributed by atoms with Crippen molar-refractivity contribution in [1.29, 1.82) is 0 Å². The van der Waals surface area contributed by atoms with Gasteiger partial charge in [0.2, 0.25) is 0 Å². The summed E-state index contributed by atoms with van der Waals surface area (Å²) in [6.07, 6.45) is 4.04. The van der Waals surface area contributed by atoms with Crippen molar-refractivity contribution in [3.8, 4) is 11.4 Å². The predicted molar refractivity (Wildman–Crippen MR) is 51.0 cm³/mol. The Morgan fingerprint density at radius 2 is 2.07 bits per heavy atom. The number of pyridine rings is 1. The molecule has 0 radical (unpaired) electrons. The van der Waals surface area contributed by atoms with E-state index in [1.54, 1.807) is 0 Å². The molecular weight excluding hydrogens is 176 g/mol. The summed E-state index contributed by atoms with van der Waals surface area (Å²) in [6.45, 7) is 0. The summed E-state index contributed by atoms with van der Waals surface area (Å²) in [7, 11) is 5.90. The molecule has 2 heterocycles. The largest absolute Gasteiger partial charge is 0.261 e. The summed E-state index contributed by atoms with van der Waals surface area (Å²) in [5, 5.41) is 4.25. The monoisotopic (exact) mass is 190 g/mol. The van der Waals surface area contributed by atoms with Crippen LogP contribution in [0.4, 0.5) is 0 Å². The molecule has 72 valence electrons. The fourth-order valence-corrected chi connectivity index (χ4v) is 1.57. The lowest BCUT2D eigenvalue weighted by atomic mass is 10.3. The van der Waals surface area contributed by atoms with Gasteiger partial charge in [-0.05, 0) is 6.07 Å². The molecular formula is C10H14N4+2. The Labute approximate surface area is 83.0 Å². The summed E-state index contributed by atoms with van der Waals surface area (Å²) in [6, 6.07) is 6.12. The minimum absolute atomic E-state index is 1.11. The Hall–Kier alpha value is -1.71. The molecule has 14 heavy (non-hydrogen) atoms. The van der Waals surface area contributed by atoms with Crippen molar-refractivity contribution in [3.05, 3.63) is 30.6 Å². The summed E-state index contributed by atoms with van der Waals surface area (Å²) in [4.78, 5) is 0. The van der Waals surface area contributed by atoms with Crippen LogP contribution in [-0.4, -0.2) is 9.90 Å². The third-order valence-electron chi connectivity index (χ3n) is 2.25. The highest BCUT2D eigenvalue weighted by molar-refractivity contribution is 5.47. The highest BCUT2D eigenvalue weighted by Crippen LogP contribution is 2.09. The van der Waals surface area contributed by atoms with E-state index in [-0.39, 0.29) is 0 Å². The second-order valence-electron chi connectivity index (χ2n) is 3.40. The fourth-order valence-electron chi connectivity index (χ4n) is 1.57. The summed E-state index contributed by atoms with van der Waals surface area (Å²) >= 11 is 0. The van der Waals surface area contributed by atoms with Crippen molar-refractivity contribution in [2.45, 2.75) is 0 Å². The van der Waals surface area contributed by atoms with Gasteiger partial charge in [0, 0.05) is 12.1 Å². The van der Waals surface area contributed by atoms with Crippen molar-refractivity contribution in [1.82, 2.24) is 9.90 Å². The number of rotatable bonds is 1. The third-order valence-corrected chi connectivity index (χ3v) is 2.25. The molecule has 4 nitrogen and oxygen atoms in total. The first kappa shape index (κ1) is 8.87. The number of aryl methyl sites for hydroxylation is 3. The molecule has 2 aromatic rings. The minimum Gasteiger partial charge on any atom is -0.198 e. The van der Waals surface area contributed by atoms with Gasteiger partial charge in [-0.1, -0.05) is 0 Å². The molecule has 0 fully saturated rings. The molecule has 0 saturated carbocycles. The van der Waals surface area contributed by atoms with Gasteiger partial charge >= 0.3 is 0 Å². The Balaban J connectivity index is 2.60. The number of nitrogens with zero attached hydrogens (tertiary/aromatic N) is 4. The van der Waals surface area contributed by atoms with Gasteiger partial charge in [0.15, 0.2) is 12.4 Å². The second-order valence-corrected chi connectivity index (χ2v) is 3.40. The SMILES string of the molecule is Cn1n[n+](C)cc1-c1cccc[n+]1C. The quantitative estimate of drug-likeness (QED) is 0.569. The van der Waals surface area contributed by atoms with E-state index in [0.717, 1.165) is 11.4 Å². The van der Waals surface area contributed by atoms with Crippen LogP contribution in [0.15, 0.2) is 30.6 Å². The summed E-state index contributed by atoms with van der Waals surface area (Å²) in [5.74, 6) is 0. The Morgan fingerprint density at radius 1 is 1.29 bits per heavy atom. The van der Waals surface area contributed by atoms with Gasteiger partial charge in [0.1, 0.15) is 21.1 Å². The summed E-state index contributed by atoms with van der Waals surface area (Å²) < 4.78 is 5.76. The van der Waals surface area contributed by atoms with Crippen molar-refractivity contribution in [3.63, 3.8) is 0 Å². The van der Waals surface area contributed by atoms with Crippen molar-refractivity contribution in [2.24, 2.45) is 21.1 Å². The van der Waals surface area contributed by atoms with Crippen LogP contribution >= 0.6 is 0 Å². The van der Waals surface area contributed by atoms with Crippen LogP contribution in [0.5, 0.6) is 0 Å². The topological polar surface area (TPSA) is 25.6 Å². The van der Waals surface area contributed by atoms with Gasteiger partial charge in [0.25, 0.3) is 11.4 Å². The van der Waals surface area contributed by atoms with E-state index in [1.807, 2.05) is 55.0 Å². The Morgan fingerprint density at radius 3 is 2.64 bits per heavy atom. The molecule has 0 atom stereocenters. The fraction of sp³-hybridized carbons (Fsp3) is 0.300. The first-order chi connectivity index (χ1) is 6.68. The Kier molecular flexibility index (Phi) is 2.04. The van der Waals surface area contributed by atoms with E-state index in [9.17, 15) is 0 Å². The Bertz CT molecular complexity index is 459. The maximum atomic E-state index is 4.25. The molecule has 0 unspecified atom stereocenters. The molecule has 0 N–H and O–H groups in total. The van der Waals surface area contributed by atoms with Gasteiger partial charge in [-0.15, -0.1) is 9.36 Å². The van der Waals surface area contributed by atoms with E-state index in [1.165, 1.54) is 0 Å². The molecule has 0 bridgehead atoms. The lowest BCUT2D eigenvalue weighted by Gasteiger charge is -1.93. The molecule has 2 aromatic heterocycles. The van der Waals surface area contributed by atoms with Crippen LogP contribution in [0, 0.1) is 0 Å². The van der Waals surface area contributed by atoms with E-state index in [4.69, 9.17) is 0 Å². The molecule has 0 aliphatic heterocycles. The van der Waals surface area contributed by atoms with Crippen LogP contribution in [0.25, 0.3) is 11.4 Å². The first-order valence-electron chi connectivity index (χ1n) is 4.53. The molecule has 0 aliphatic rings. The number of hydrogen-bond donors (Lipinski definition) is 0. The van der Waals surface area contributed by atoms with Gasteiger partial charge in [-0.25, -0.2) is 0 Å². The minimum atomic E-state index is 1.11. The van der Waals surface area contributed by atoms with E-state index in [0.29, 0.717) is 0 Å². The van der Waals surface area contributed by atoms with Crippen molar-refractivity contribution < 1.29 is 9.25 Å². The predicted octanol–water partition coefficient (Wildman–Crippen LogP) is -0.264. The lowest BCUT2D eigenvalue weighted by Crippen LogP contribution is -2.30. The molecule has 0 saturated heterocycles. The standard InChI is InChI=1S/C10H14N4/c1-12-7-5-4-6-9(12)10-8-13(2)11-14(10)3/h4-8H,1-3H3/q+2. The highest BCUT2D eigenvalue weighted by atomic mass is 15.5. The molecule has 0 spiro atoms. The van der Waals surface area contributed by atoms with E-state index < -0.39 is 0 Å². The van der Waals surface area contributed by atoms with Gasteiger partial charge in [-0.3, -0.25) is 0 Å². The molecule has 2 rings (SSSR count). The van der Waals surface area contributed by atoms with E-state index in [2.05, 4.69) is 15.8 Å². The normalized spacial score (nSPS) is 10.5. The van der Waals surface area contributed by atoms with Gasteiger partial charge in [-0.2, -0.15) is 4.57 Å². The summed E-state index contributed by atoms with van der Waals surface area (Å²) in [5.41, 5.74) is 2.26. The number of hydrogen-bond acceptors (Lipinski definition) is 1. The van der Waals surface area contributed by atoms with Crippen LogP contribution in [0.1, 0.15) is 0 Å². The zero-order chi connectivity index (χ0) is 10.1. The smallest absolute Gasteiger partial charge is 0.198 e. The molecule has 0 aromatic carbocycles. The second kappa shape index (κ2) is 3.21. The van der Waals surface area contributed by atoms with Crippen LogP contribution in [0.2, 0.25) is 0 Å². The third kappa shape index (κ3) is 1.39. The number of aromatic nitrogens is 4. The van der Waals surface area contributed by atoms with E-state index >= 15 is 0 Å². The first-order valence-corrected chi connectivity index (χ1v) is 4.53. The average molecular weight is 190 g/mol. The highest BCUT2D eigenvalue weighted by Gasteiger charge is 2.19. The maximum Gasteiger partial charge on any atom is 0.261 e. The van der Waals surface area contributed by atoms with Crippen molar-refractivity contribution >= 4 is 0 Å². The van der Waals surface area contributed by atoms with Crippen molar-refractivity contribution in [2.75, 3.05) is 0 Å². The van der Waals surface area contributed by atoms with Gasteiger partial charge in [0.05, 0.1) is 5.21 Å².